The number of amides is 1. The van der Waals surface area contributed by atoms with Gasteiger partial charge in [-0.1, -0.05) is 54.1 Å². The number of carbonyl (C=O) groups is 1. The summed E-state index contributed by atoms with van der Waals surface area (Å²) < 4.78 is 91.1. The highest BCUT2D eigenvalue weighted by Gasteiger charge is 2.53. The molecule has 0 aromatic heterocycles. The van der Waals surface area contributed by atoms with Crippen molar-refractivity contribution in [2.24, 2.45) is 0 Å². The van der Waals surface area contributed by atoms with Crippen molar-refractivity contribution in [1.29, 1.82) is 0 Å². The van der Waals surface area contributed by atoms with Crippen LogP contribution in [0.4, 0.5) is 22.4 Å². The van der Waals surface area contributed by atoms with Crippen LogP contribution >= 0.6 is 11.6 Å². The number of ether oxygens (including phenoxy) is 2. The van der Waals surface area contributed by atoms with E-state index in [-0.39, 0.29) is 12.2 Å². The third-order valence-corrected chi connectivity index (χ3v) is 7.64. The van der Waals surface area contributed by atoms with Crippen LogP contribution in [0.5, 0.6) is 5.75 Å². The number of alkyl halides is 4. The van der Waals surface area contributed by atoms with Crippen LogP contribution in [0.3, 0.4) is 0 Å². The minimum atomic E-state index is -4.96. The van der Waals surface area contributed by atoms with E-state index in [9.17, 15) is 26.4 Å². The van der Waals surface area contributed by atoms with Gasteiger partial charge in [0, 0.05) is 5.02 Å². The molecule has 0 radical (unpaired) electrons. The third kappa shape index (κ3) is 6.37. The summed E-state index contributed by atoms with van der Waals surface area (Å²) in [4.78, 5) is 13.4. The number of rotatable bonds is 7. The van der Waals surface area contributed by atoms with E-state index in [1.54, 1.807) is 30.3 Å². The Kier molecular flexibility index (Phi) is 7.86. The van der Waals surface area contributed by atoms with E-state index < -0.39 is 57.9 Å². The van der Waals surface area contributed by atoms with Crippen LogP contribution in [-0.2, 0) is 26.9 Å². The van der Waals surface area contributed by atoms with Gasteiger partial charge in [0.05, 0.1) is 18.0 Å². The number of hydrogen-bond acceptors (Lipinski definition) is 5. The molecule has 1 amide bonds. The Labute approximate surface area is 221 Å². The van der Waals surface area contributed by atoms with E-state index in [0.29, 0.717) is 10.6 Å². The molecule has 1 aliphatic heterocycles. The van der Waals surface area contributed by atoms with Crippen molar-refractivity contribution in [2.45, 2.75) is 29.6 Å². The smallest absolute Gasteiger partial charge is 0.445 e. The minimum Gasteiger partial charge on any atom is -0.445 e. The molecule has 38 heavy (non-hydrogen) atoms. The van der Waals surface area contributed by atoms with Crippen LogP contribution in [-0.4, -0.2) is 45.0 Å². The molecule has 1 fully saturated rings. The Hall–Kier alpha value is -3.35. The Morgan fingerprint density at radius 2 is 1.66 bits per heavy atom. The van der Waals surface area contributed by atoms with Crippen molar-refractivity contribution in [1.82, 2.24) is 9.62 Å². The second kappa shape index (κ2) is 10.8. The molecule has 1 aliphatic rings. The number of sulfonamides is 1. The summed E-state index contributed by atoms with van der Waals surface area (Å²) >= 11 is 5.96. The maximum Gasteiger partial charge on any atom is 0.573 e. The molecule has 0 unspecified atom stereocenters. The zero-order valence-electron chi connectivity index (χ0n) is 19.5. The van der Waals surface area contributed by atoms with Crippen molar-refractivity contribution < 1.29 is 40.2 Å². The van der Waals surface area contributed by atoms with Gasteiger partial charge in [-0.3, -0.25) is 0 Å². The lowest BCUT2D eigenvalue weighted by molar-refractivity contribution is -0.274. The number of halogens is 5. The van der Waals surface area contributed by atoms with E-state index in [0.717, 1.165) is 29.2 Å². The Bertz CT molecular complexity index is 1370. The maximum absolute atomic E-state index is 15.7. The largest absolute Gasteiger partial charge is 0.573 e. The molecule has 3 aromatic rings. The van der Waals surface area contributed by atoms with Crippen LogP contribution in [0, 0.1) is 0 Å². The number of hydrogen-bond donors (Lipinski definition) is 1. The van der Waals surface area contributed by atoms with Crippen molar-refractivity contribution in [3.8, 4) is 5.75 Å². The minimum absolute atomic E-state index is 0.0703. The van der Waals surface area contributed by atoms with Crippen LogP contribution < -0.4 is 9.46 Å². The predicted molar refractivity (Wildman–Crippen MR) is 130 cm³/mol. The van der Waals surface area contributed by atoms with Crippen molar-refractivity contribution in [3.63, 3.8) is 0 Å². The first-order chi connectivity index (χ1) is 17.9. The van der Waals surface area contributed by atoms with Gasteiger partial charge in [0.25, 0.3) is 0 Å². The van der Waals surface area contributed by atoms with E-state index in [2.05, 4.69) is 9.46 Å². The highest BCUT2D eigenvalue weighted by molar-refractivity contribution is 7.89. The first-order valence-electron chi connectivity index (χ1n) is 11.1. The molecule has 4 rings (SSSR count). The Morgan fingerprint density at radius 1 is 1.03 bits per heavy atom. The number of benzene rings is 3. The van der Waals surface area contributed by atoms with Gasteiger partial charge in [-0.2, -0.15) is 4.72 Å². The van der Waals surface area contributed by atoms with Gasteiger partial charge in [-0.25, -0.2) is 17.6 Å². The van der Waals surface area contributed by atoms with Crippen LogP contribution in [0.2, 0.25) is 5.02 Å². The standard InChI is InChI=1S/C25H21ClF4N2O5S/c26-19-8-6-18(7-9-19)24(31-38(34,35)21-12-10-20(11-13-21)37-25(28,29)30)16-32(14-22(24)27)23(33)36-15-17-4-2-1-3-5-17/h1-13,22,31H,14-16H2/t22-,24+/m1/s1. The average molecular weight is 573 g/mol. The number of nitrogens with zero attached hydrogens (tertiary/aromatic N) is 1. The fraction of sp³-hybridized carbons (Fsp3) is 0.240. The van der Waals surface area contributed by atoms with Gasteiger partial charge in [0.2, 0.25) is 10.0 Å². The molecule has 1 saturated heterocycles. The summed E-state index contributed by atoms with van der Waals surface area (Å²) in [5.74, 6) is -0.625. The molecule has 3 aromatic carbocycles. The van der Waals surface area contributed by atoms with Crippen molar-refractivity contribution >= 4 is 27.7 Å². The molecule has 1 heterocycles. The van der Waals surface area contributed by atoms with Gasteiger partial charge >= 0.3 is 12.5 Å². The molecule has 0 aliphatic carbocycles. The van der Waals surface area contributed by atoms with Gasteiger partial charge in [-0.15, -0.1) is 13.2 Å². The molecule has 0 saturated carbocycles. The molecule has 13 heteroatoms. The van der Waals surface area contributed by atoms with Gasteiger partial charge in [0.1, 0.15) is 24.1 Å². The second-order valence-electron chi connectivity index (χ2n) is 8.49. The highest BCUT2D eigenvalue weighted by atomic mass is 35.5. The van der Waals surface area contributed by atoms with Gasteiger partial charge in [0.15, 0.2) is 0 Å². The Morgan fingerprint density at radius 3 is 2.26 bits per heavy atom. The van der Waals surface area contributed by atoms with E-state index in [4.69, 9.17) is 16.3 Å². The van der Waals surface area contributed by atoms with E-state index in [1.807, 2.05) is 0 Å². The molecule has 0 bridgehead atoms. The summed E-state index contributed by atoms with van der Waals surface area (Å²) in [5.41, 5.74) is -1.04. The lowest BCUT2D eigenvalue weighted by atomic mass is 9.89. The highest BCUT2D eigenvalue weighted by Crippen LogP contribution is 2.37. The fourth-order valence-electron chi connectivity index (χ4n) is 4.06. The molecular weight excluding hydrogens is 552 g/mol. The first kappa shape index (κ1) is 27.7. The molecule has 2 atom stereocenters. The first-order valence-corrected chi connectivity index (χ1v) is 13.0. The average Bonchev–Trinajstić information content (AvgIpc) is 3.19. The van der Waals surface area contributed by atoms with E-state index in [1.165, 1.54) is 24.3 Å². The summed E-state index contributed by atoms with van der Waals surface area (Å²) in [6, 6.07) is 18.0. The maximum atomic E-state index is 15.7. The van der Waals surface area contributed by atoms with Gasteiger partial charge < -0.3 is 14.4 Å². The number of nitrogens with one attached hydrogen (secondary N) is 1. The normalized spacial score (nSPS) is 19.8. The summed E-state index contributed by atoms with van der Waals surface area (Å²) in [6.07, 6.45) is -7.71. The monoisotopic (exact) mass is 572 g/mol. The van der Waals surface area contributed by atoms with Gasteiger partial charge in [-0.05, 0) is 47.5 Å². The lowest BCUT2D eigenvalue weighted by Gasteiger charge is -2.32. The SMILES string of the molecule is O=C(OCc1ccccc1)N1C[C@@H](F)[C@@](NS(=O)(=O)c2ccc(OC(F)(F)F)cc2)(c2ccc(Cl)cc2)C1. The molecular formula is C25H21ClF4N2O5S. The molecule has 7 nitrogen and oxygen atoms in total. The number of carbonyl (C=O) groups excluding carboxylic acids is 1. The third-order valence-electron chi connectivity index (χ3n) is 5.86. The van der Waals surface area contributed by atoms with Crippen LogP contribution in [0.25, 0.3) is 0 Å². The van der Waals surface area contributed by atoms with Crippen LogP contribution in [0.15, 0.2) is 83.8 Å². The second-order valence-corrected chi connectivity index (χ2v) is 10.6. The van der Waals surface area contributed by atoms with E-state index >= 15 is 4.39 Å². The fourth-order valence-corrected chi connectivity index (χ4v) is 5.59. The van der Waals surface area contributed by atoms with Crippen molar-refractivity contribution in [2.75, 3.05) is 13.1 Å². The zero-order chi connectivity index (χ0) is 27.6. The Balaban J connectivity index is 1.60. The predicted octanol–water partition coefficient (Wildman–Crippen LogP) is 5.40. The molecule has 202 valence electrons. The zero-order valence-corrected chi connectivity index (χ0v) is 21.1. The summed E-state index contributed by atoms with van der Waals surface area (Å²) in [6.45, 7) is -0.964. The van der Waals surface area contributed by atoms with Crippen LogP contribution in [0.1, 0.15) is 11.1 Å². The molecule has 1 N–H and O–H groups in total. The molecule has 0 spiro atoms. The quantitative estimate of drug-likeness (QED) is 0.383. The number of likely N-dealkylation sites (tertiary alicyclic amines) is 1. The summed E-state index contributed by atoms with van der Waals surface area (Å²) in [5, 5.41) is 0.319. The topological polar surface area (TPSA) is 84.9 Å². The van der Waals surface area contributed by atoms with Crippen molar-refractivity contribution in [3.05, 3.63) is 95.0 Å². The summed E-state index contributed by atoms with van der Waals surface area (Å²) in [7, 11) is -4.50. The lowest BCUT2D eigenvalue weighted by Crippen LogP contribution is -2.52.